The number of fused-ring (bicyclic) bond motifs is 2. The van der Waals surface area contributed by atoms with Crippen LogP contribution in [0.2, 0.25) is 0 Å². The van der Waals surface area contributed by atoms with Crippen LogP contribution >= 0.6 is 0 Å². The number of H-pyrrole nitrogens is 1. The molecule has 1 aliphatic carbocycles. The molecule has 196 valence electrons. The molecule has 4 rings (SSSR count). The zero-order chi connectivity index (χ0) is 26.6. The highest BCUT2D eigenvalue weighted by molar-refractivity contribution is 7.79. The lowest BCUT2D eigenvalue weighted by Gasteiger charge is -2.19. The molecule has 36 heavy (non-hydrogen) atoms. The molecule has 0 radical (unpaired) electrons. The Morgan fingerprint density at radius 2 is 1.86 bits per heavy atom. The molecular weight excluding hydrogens is 491 g/mol. The number of rotatable bonds is 6. The Bertz CT molecular complexity index is 1290. The van der Waals surface area contributed by atoms with Crippen LogP contribution in [0.5, 0.6) is 0 Å². The van der Waals surface area contributed by atoms with Gasteiger partial charge in [0.05, 0.1) is 11.1 Å². The molecule has 0 saturated heterocycles. The maximum atomic E-state index is 13.9. The summed E-state index contributed by atoms with van der Waals surface area (Å²) in [5.74, 6) is -0.683. The summed E-state index contributed by atoms with van der Waals surface area (Å²) >= 11 is 0. The Hall–Kier alpha value is -3.06. The maximum Gasteiger partial charge on any atom is 0.394 e. The van der Waals surface area contributed by atoms with Crippen molar-refractivity contribution < 1.29 is 31.5 Å². The summed E-state index contributed by atoms with van der Waals surface area (Å²) in [5.41, 5.74) is 5.82. The molecule has 12 heteroatoms. The first-order valence-electron chi connectivity index (χ1n) is 11.7. The van der Waals surface area contributed by atoms with Crippen molar-refractivity contribution in [1.82, 2.24) is 15.2 Å². The number of aryl methyl sites for hydroxylation is 1. The molecule has 2 aliphatic rings. The fourth-order valence-electron chi connectivity index (χ4n) is 4.70. The summed E-state index contributed by atoms with van der Waals surface area (Å²) in [6, 6.07) is 4.34. The van der Waals surface area contributed by atoms with Crippen molar-refractivity contribution in [1.29, 1.82) is 0 Å². The molecule has 0 spiro atoms. The number of anilines is 1. The monoisotopic (exact) mass is 522 g/mol. The van der Waals surface area contributed by atoms with Crippen molar-refractivity contribution >= 4 is 39.0 Å². The molecular formula is C24H31FN4O6S. The predicted octanol–water partition coefficient (Wildman–Crippen LogP) is 3.08. The summed E-state index contributed by atoms with van der Waals surface area (Å²) in [6.45, 7) is 9.40. The van der Waals surface area contributed by atoms with Crippen molar-refractivity contribution in [3.63, 3.8) is 0 Å². The molecule has 0 saturated carbocycles. The second-order valence-corrected chi connectivity index (χ2v) is 9.46. The van der Waals surface area contributed by atoms with Gasteiger partial charge in [0, 0.05) is 35.7 Å². The largest absolute Gasteiger partial charge is 0.394 e. The van der Waals surface area contributed by atoms with E-state index in [0.29, 0.717) is 35.4 Å². The van der Waals surface area contributed by atoms with E-state index in [1.165, 1.54) is 12.1 Å². The summed E-state index contributed by atoms with van der Waals surface area (Å²) in [7, 11) is -4.67. The SMILES string of the molecule is CCN(CC)CCNC(=O)c1c(C)[nH]c2c1CCC/C2=C1/C(=O)Nc2ccc(F)cc21.O=S(=O)(O)O. The van der Waals surface area contributed by atoms with Gasteiger partial charge in [-0.05, 0) is 68.6 Å². The predicted molar refractivity (Wildman–Crippen MR) is 135 cm³/mol. The minimum absolute atomic E-state index is 0.0873. The van der Waals surface area contributed by atoms with Crippen LogP contribution in [-0.2, 0) is 21.6 Å². The number of hydrogen-bond acceptors (Lipinski definition) is 5. The fourth-order valence-corrected chi connectivity index (χ4v) is 4.70. The van der Waals surface area contributed by atoms with E-state index in [0.717, 1.165) is 55.0 Å². The normalized spacial score (nSPS) is 16.7. The van der Waals surface area contributed by atoms with Gasteiger partial charge in [0.15, 0.2) is 0 Å². The van der Waals surface area contributed by atoms with Crippen molar-refractivity contribution in [3.8, 4) is 0 Å². The second kappa shape index (κ2) is 11.3. The highest BCUT2D eigenvalue weighted by atomic mass is 32.3. The first-order chi connectivity index (χ1) is 16.9. The summed E-state index contributed by atoms with van der Waals surface area (Å²) in [4.78, 5) is 31.4. The highest BCUT2D eigenvalue weighted by Crippen LogP contribution is 2.43. The number of likely N-dealkylation sites (N-methyl/N-ethyl adjacent to an activating group) is 1. The number of nitrogens with zero attached hydrogens (tertiary/aromatic N) is 1. The molecule has 2 heterocycles. The lowest BCUT2D eigenvalue weighted by atomic mass is 9.86. The standard InChI is InChI=1S/C24H29FN4O2.H2O4S/c1-4-29(5-2)12-11-26-23(30)20-14(3)27-22-16(20)7-6-8-17(22)21-18-13-15(25)9-10-19(18)28-24(21)31;1-5(2,3)4/h9-10,13,27H,4-8,11-12H2,1-3H3,(H,26,30)(H,28,31);(H2,1,2,3,4)/b21-17-;. The maximum absolute atomic E-state index is 13.9. The molecule has 2 amide bonds. The number of carbonyl (C=O) groups is 2. The third kappa shape index (κ3) is 6.38. The van der Waals surface area contributed by atoms with Gasteiger partial charge >= 0.3 is 10.4 Å². The van der Waals surface area contributed by atoms with Crippen LogP contribution in [0.3, 0.4) is 0 Å². The molecule has 0 bridgehead atoms. The van der Waals surface area contributed by atoms with Gasteiger partial charge < -0.3 is 20.5 Å². The molecule has 2 aromatic rings. The molecule has 1 aromatic carbocycles. The quantitative estimate of drug-likeness (QED) is 0.289. The van der Waals surface area contributed by atoms with E-state index in [2.05, 4.69) is 34.4 Å². The summed E-state index contributed by atoms with van der Waals surface area (Å²) in [5, 5.41) is 5.88. The molecule has 0 unspecified atom stereocenters. The molecule has 1 aromatic heterocycles. The average molecular weight is 523 g/mol. The van der Waals surface area contributed by atoms with Gasteiger partial charge in [-0.3, -0.25) is 18.7 Å². The number of nitrogens with one attached hydrogen (secondary N) is 3. The molecule has 0 atom stereocenters. The van der Waals surface area contributed by atoms with Gasteiger partial charge in [0.1, 0.15) is 5.82 Å². The van der Waals surface area contributed by atoms with Gasteiger partial charge in [0.2, 0.25) is 0 Å². The van der Waals surface area contributed by atoms with E-state index >= 15 is 0 Å². The second-order valence-electron chi connectivity index (χ2n) is 8.56. The van der Waals surface area contributed by atoms with Crippen molar-refractivity contribution in [2.75, 3.05) is 31.5 Å². The minimum Gasteiger partial charge on any atom is -0.358 e. The van der Waals surface area contributed by atoms with Gasteiger partial charge in [0.25, 0.3) is 11.8 Å². The van der Waals surface area contributed by atoms with Crippen LogP contribution in [0.4, 0.5) is 10.1 Å². The first kappa shape index (κ1) is 27.5. The number of aromatic nitrogens is 1. The van der Waals surface area contributed by atoms with Crippen LogP contribution in [0.25, 0.3) is 11.1 Å². The fraction of sp³-hybridized carbons (Fsp3) is 0.417. The molecule has 10 nitrogen and oxygen atoms in total. The lowest BCUT2D eigenvalue weighted by molar-refractivity contribution is -0.110. The Balaban J connectivity index is 0.000000658. The van der Waals surface area contributed by atoms with E-state index in [9.17, 15) is 14.0 Å². The lowest BCUT2D eigenvalue weighted by Crippen LogP contribution is -2.35. The van der Waals surface area contributed by atoms with Gasteiger partial charge in [-0.25, -0.2) is 4.39 Å². The topological polar surface area (TPSA) is 152 Å². The molecule has 1 aliphatic heterocycles. The van der Waals surface area contributed by atoms with Crippen molar-refractivity contribution in [3.05, 3.63) is 52.1 Å². The van der Waals surface area contributed by atoms with Gasteiger partial charge in [-0.15, -0.1) is 0 Å². The van der Waals surface area contributed by atoms with Crippen molar-refractivity contribution in [2.24, 2.45) is 0 Å². The third-order valence-electron chi connectivity index (χ3n) is 6.31. The van der Waals surface area contributed by atoms with Crippen molar-refractivity contribution in [2.45, 2.75) is 40.0 Å². The van der Waals surface area contributed by atoms with E-state index < -0.39 is 10.4 Å². The minimum atomic E-state index is -4.67. The first-order valence-corrected chi connectivity index (χ1v) is 13.1. The summed E-state index contributed by atoms with van der Waals surface area (Å²) in [6.07, 6.45) is 2.31. The zero-order valence-corrected chi connectivity index (χ0v) is 21.3. The van der Waals surface area contributed by atoms with Crippen LogP contribution in [0.15, 0.2) is 18.2 Å². The Morgan fingerprint density at radius 3 is 2.50 bits per heavy atom. The zero-order valence-electron chi connectivity index (χ0n) is 20.4. The number of carbonyl (C=O) groups excluding carboxylic acids is 2. The number of halogens is 1. The van der Waals surface area contributed by atoms with Crippen LogP contribution in [-0.4, -0.2) is 65.4 Å². The van der Waals surface area contributed by atoms with Crippen LogP contribution < -0.4 is 10.6 Å². The highest BCUT2D eigenvalue weighted by Gasteiger charge is 2.33. The van der Waals surface area contributed by atoms with E-state index in [4.69, 9.17) is 17.5 Å². The smallest absolute Gasteiger partial charge is 0.358 e. The number of hydrogen-bond donors (Lipinski definition) is 5. The summed E-state index contributed by atoms with van der Waals surface area (Å²) < 4.78 is 45.5. The number of benzene rings is 1. The van der Waals surface area contributed by atoms with Gasteiger partial charge in [-0.2, -0.15) is 8.42 Å². The van der Waals surface area contributed by atoms with Crippen LogP contribution in [0, 0.1) is 12.7 Å². The Labute approximate surface area is 209 Å². The number of amides is 2. The third-order valence-corrected chi connectivity index (χ3v) is 6.31. The molecule has 0 fully saturated rings. The average Bonchev–Trinajstić information content (AvgIpc) is 3.30. The Morgan fingerprint density at radius 1 is 1.19 bits per heavy atom. The van der Waals surface area contributed by atoms with E-state index in [1.807, 2.05) is 6.92 Å². The van der Waals surface area contributed by atoms with E-state index in [1.54, 1.807) is 6.07 Å². The van der Waals surface area contributed by atoms with Gasteiger partial charge in [-0.1, -0.05) is 13.8 Å². The van der Waals surface area contributed by atoms with Crippen LogP contribution in [0.1, 0.15) is 59.6 Å². The number of aromatic amines is 1. The Kier molecular flexibility index (Phi) is 8.67. The molecule has 5 N–H and O–H groups in total. The van der Waals surface area contributed by atoms with E-state index in [-0.39, 0.29) is 17.6 Å². The number of allylic oxidation sites excluding steroid dienone is 1.